The number of halogens is 2. The molecule has 5 heteroatoms. The second kappa shape index (κ2) is 4.65. The quantitative estimate of drug-likeness (QED) is 0.732. The fourth-order valence-corrected chi connectivity index (χ4v) is 1.46. The van der Waals surface area contributed by atoms with Crippen molar-refractivity contribution >= 4 is 46.2 Å². The summed E-state index contributed by atoms with van der Waals surface area (Å²) in [6.45, 7) is 0. The topological polar surface area (TPSA) is 24.1 Å². The average Bonchev–Trinajstić information content (AvgIpc) is 2.02. The summed E-state index contributed by atoms with van der Waals surface area (Å²) >= 11 is 16.5. The molecule has 0 bridgehead atoms. The standard InChI is InChI=1S/C8H8Cl2N2S/c1-11-8(13)12-7-3-5(9)2-6(10)4-7/h2-4H,1H3,(H2,11,12,13). The highest BCUT2D eigenvalue weighted by Gasteiger charge is 1.98. The van der Waals surface area contributed by atoms with Crippen LogP contribution in [0.4, 0.5) is 5.69 Å². The molecule has 0 spiro atoms. The smallest absolute Gasteiger partial charge is 0.170 e. The zero-order valence-corrected chi connectivity index (χ0v) is 9.22. The Kier molecular flexibility index (Phi) is 3.78. The van der Waals surface area contributed by atoms with Crippen LogP contribution in [-0.4, -0.2) is 12.2 Å². The van der Waals surface area contributed by atoms with Gasteiger partial charge in [-0.1, -0.05) is 23.2 Å². The van der Waals surface area contributed by atoms with Crippen LogP contribution in [0.2, 0.25) is 10.0 Å². The van der Waals surface area contributed by atoms with E-state index in [1.54, 1.807) is 25.2 Å². The van der Waals surface area contributed by atoms with Crippen LogP contribution in [0, 0.1) is 0 Å². The predicted octanol–water partition coefficient (Wildman–Crippen LogP) is 2.91. The Labute approximate surface area is 92.2 Å². The van der Waals surface area contributed by atoms with Crippen LogP contribution < -0.4 is 10.6 Å². The first-order chi connectivity index (χ1) is 6.11. The minimum Gasteiger partial charge on any atom is -0.366 e. The third kappa shape index (κ3) is 3.38. The number of anilines is 1. The minimum absolute atomic E-state index is 0.526. The summed E-state index contributed by atoms with van der Waals surface area (Å²) in [7, 11) is 1.74. The van der Waals surface area contributed by atoms with Crippen molar-refractivity contribution in [3.05, 3.63) is 28.2 Å². The van der Waals surface area contributed by atoms with E-state index in [9.17, 15) is 0 Å². The van der Waals surface area contributed by atoms with E-state index in [4.69, 9.17) is 35.4 Å². The van der Waals surface area contributed by atoms with Crippen molar-refractivity contribution in [3.63, 3.8) is 0 Å². The normalized spacial score (nSPS) is 9.46. The molecule has 70 valence electrons. The highest BCUT2D eigenvalue weighted by molar-refractivity contribution is 7.80. The lowest BCUT2D eigenvalue weighted by atomic mass is 10.3. The maximum absolute atomic E-state index is 5.79. The lowest BCUT2D eigenvalue weighted by Gasteiger charge is -2.07. The summed E-state index contributed by atoms with van der Waals surface area (Å²) in [5.74, 6) is 0. The Morgan fingerprint density at radius 2 is 1.77 bits per heavy atom. The van der Waals surface area contributed by atoms with Crippen molar-refractivity contribution in [2.45, 2.75) is 0 Å². The SMILES string of the molecule is CNC(=S)Nc1cc(Cl)cc(Cl)c1. The third-order valence-electron chi connectivity index (χ3n) is 1.35. The van der Waals surface area contributed by atoms with Crippen molar-refractivity contribution in [2.24, 2.45) is 0 Å². The molecular formula is C8H8Cl2N2S. The molecule has 0 aliphatic carbocycles. The summed E-state index contributed by atoms with van der Waals surface area (Å²) in [6.07, 6.45) is 0. The second-order valence-corrected chi connectivity index (χ2v) is 3.64. The summed E-state index contributed by atoms with van der Waals surface area (Å²) in [5.41, 5.74) is 0.775. The predicted molar refractivity (Wildman–Crippen MR) is 61.7 cm³/mol. The van der Waals surface area contributed by atoms with Gasteiger partial charge in [-0.25, -0.2) is 0 Å². The Bertz CT molecular complexity index is 308. The fourth-order valence-electron chi connectivity index (χ4n) is 0.820. The molecule has 0 aliphatic rings. The van der Waals surface area contributed by atoms with Gasteiger partial charge in [0.25, 0.3) is 0 Å². The molecule has 1 aromatic carbocycles. The van der Waals surface area contributed by atoms with Gasteiger partial charge in [0.15, 0.2) is 5.11 Å². The van der Waals surface area contributed by atoms with Gasteiger partial charge >= 0.3 is 0 Å². The molecule has 0 aliphatic heterocycles. The first kappa shape index (κ1) is 10.6. The van der Waals surface area contributed by atoms with Gasteiger partial charge in [0, 0.05) is 22.8 Å². The van der Waals surface area contributed by atoms with Gasteiger partial charge in [-0.05, 0) is 30.4 Å². The lowest BCUT2D eigenvalue weighted by Crippen LogP contribution is -2.24. The van der Waals surface area contributed by atoms with Crippen LogP contribution in [0.3, 0.4) is 0 Å². The van der Waals surface area contributed by atoms with Gasteiger partial charge < -0.3 is 10.6 Å². The molecule has 0 heterocycles. The number of nitrogens with one attached hydrogen (secondary N) is 2. The Morgan fingerprint density at radius 3 is 2.23 bits per heavy atom. The highest BCUT2D eigenvalue weighted by atomic mass is 35.5. The molecule has 2 nitrogen and oxygen atoms in total. The number of benzene rings is 1. The third-order valence-corrected chi connectivity index (χ3v) is 2.09. The first-order valence-corrected chi connectivity index (χ1v) is 4.73. The number of rotatable bonds is 1. The maximum atomic E-state index is 5.79. The summed E-state index contributed by atoms with van der Waals surface area (Å²) in [5, 5.41) is 7.39. The van der Waals surface area contributed by atoms with Crippen LogP contribution in [0.15, 0.2) is 18.2 Å². The van der Waals surface area contributed by atoms with Crippen LogP contribution >= 0.6 is 35.4 Å². The molecule has 0 saturated carbocycles. The molecule has 0 saturated heterocycles. The molecule has 0 atom stereocenters. The van der Waals surface area contributed by atoms with Crippen LogP contribution in [0.5, 0.6) is 0 Å². The van der Waals surface area contributed by atoms with E-state index in [0.29, 0.717) is 15.2 Å². The largest absolute Gasteiger partial charge is 0.366 e. The number of hydrogen-bond acceptors (Lipinski definition) is 1. The number of thiocarbonyl (C=S) groups is 1. The van der Waals surface area contributed by atoms with Crippen LogP contribution in [0.1, 0.15) is 0 Å². The van der Waals surface area contributed by atoms with Gasteiger partial charge in [0.05, 0.1) is 0 Å². The second-order valence-electron chi connectivity index (χ2n) is 2.36. The molecule has 0 fully saturated rings. The monoisotopic (exact) mass is 234 g/mol. The molecule has 0 amide bonds. The van der Waals surface area contributed by atoms with Crippen molar-refractivity contribution in [2.75, 3.05) is 12.4 Å². The molecule has 1 aromatic rings. The number of hydrogen-bond donors (Lipinski definition) is 2. The van der Waals surface area contributed by atoms with E-state index in [1.807, 2.05) is 0 Å². The summed E-state index contributed by atoms with van der Waals surface area (Å²) in [4.78, 5) is 0. The van der Waals surface area contributed by atoms with E-state index in [2.05, 4.69) is 10.6 Å². The summed E-state index contributed by atoms with van der Waals surface area (Å²) in [6, 6.07) is 5.16. The zero-order chi connectivity index (χ0) is 9.84. The average molecular weight is 235 g/mol. The Morgan fingerprint density at radius 1 is 1.23 bits per heavy atom. The van der Waals surface area contributed by atoms with E-state index in [0.717, 1.165) is 5.69 Å². The highest BCUT2D eigenvalue weighted by Crippen LogP contribution is 2.22. The van der Waals surface area contributed by atoms with E-state index in [-0.39, 0.29) is 0 Å². The van der Waals surface area contributed by atoms with E-state index < -0.39 is 0 Å². The van der Waals surface area contributed by atoms with Gasteiger partial charge in [-0.2, -0.15) is 0 Å². The zero-order valence-electron chi connectivity index (χ0n) is 6.90. The first-order valence-electron chi connectivity index (χ1n) is 3.56. The van der Waals surface area contributed by atoms with Crippen molar-refractivity contribution in [1.29, 1.82) is 0 Å². The van der Waals surface area contributed by atoms with Gasteiger partial charge in [0.1, 0.15) is 0 Å². The molecule has 0 unspecified atom stereocenters. The van der Waals surface area contributed by atoms with Crippen molar-refractivity contribution < 1.29 is 0 Å². The molecule has 2 N–H and O–H groups in total. The van der Waals surface area contributed by atoms with E-state index in [1.165, 1.54) is 0 Å². The molecular weight excluding hydrogens is 227 g/mol. The van der Waals surface area contributed by atoms with Gasteiger partial charge in [-0.3, -0.25) is 0 Å². The molecule has 0 radical (unpaired) electrons. The summed E-state index contributed by atoms with van der Waals surface area (Å²) < 4.78 is 0. The lowest BCUT2D eigenvalue weighted by molar-refractivity contribution is 1.20. The van der Waals surface area contributed by atoms with Crippen LogP contribution in [0.25, 0.3) is 0 Å². The van der Waals surface area contributed by atoms with Gasteiger partial charge in [0.2, 0.25) is 0 Å². The molecule has 13 heavy (non-hydrogen) atoms. The maximum Gasteiger partial charge on any atom is 0.170 e. The van der Waals surface area contributed by atoms with Crippen molar-refractivity contribution in [3.8, 4) is 0 Å². The Hall–Kier alpha value is -0.510. The fraction of sp³-hybridized carbons (Fsp3) is 0.125. The van der Waals surface area contributed by atoms with Gasteiger partial charge in [-0.15, -0.1) is 0 Å². The van der Waals surface area contributed by atoms with E-state index >= 15 is 0 Å². The van der Waals surface area contributed by atoms with Crippen molar-refractivity contribution in [1.82, 2.24) is 5.32 Å². The Balaban J connectivity index is 2.83. The molecule has 1 rings (SSSR count). The van der Waals surface area contributed by atoms with Crippen LogP contribution in [-0.2, 0) is 0 Å². The molecule has 0 aromatic heterocycles. The minimum atomic E-state index is 0.526.